The van der Waals surface area contributed by atoms with Crippen molar-refractivity contribution >= 4 is 28.6 Å². The third-order valence-corrected chi connectivity index (χ3v) is 5.32. The van der Waals surface area contributed by atoms with Gasteiger partial charge in [0.05, 0.1) is 11.4 Å². The van der Waals surface area contributed by atoms with Crippen molar-refractivity contribution in [2.45, 2.75) is 12.8 Å². The molecule has 0 radical (unpaired) electrons. The van der Waals surface area contributed by atoms with Crippen molar-refractivity contribution in [3.05, 3.63) is 65.4 Å². The van der Waals surface area contributed by atoms with Crippen LogP contribution in [0.3, 0.4) is 0 Å². The lowest BCUT2D eigenvalue weighted by molar-refractivity contribution is 0.102. The van der Waals surface area contributed by atoms with E-state index in [1.165, 1.54) is 30.2 Å². The topological polar surface area (TPSA) is 45.2 Å². The Bertz CT molecular complexity index is 934. The highest BCUT2D eigenvalue weighted by molar-refractivity contribution is 7.13. The highest BCUT2D eigenvalue weighted by Gasteiger charge is 2.18. The second kappa shape index (κ2) is 7.25. The number of amides is 1. The minimum atomic E-state index is -0.340. The van der Waals surface area contributed by atoms with Crippen molar-refractivity contribution in [2.75, 3.05) is 23.3 Å². The van der Waals surface area contributed by atoms with Gasteiger partial charge >= 0.3 is 0 Å². The Kier molecular flexibility index (Phi) is 4.67. The Morgan fingerprint density at radius 2 is 1.81 bits per heavy atom. The first-order valence-corrected chi connectivity index (χ1v) is 9.46. The molecule has 0 atom stereocenters. The lowest BCUT2D eigenvalue weighted by Crippen LogP contribution is -2.21. The smallest absolute Gasteiger partial charge is 0.275 e. The molecule has 2 heterocycles. The van der Waals surface area contributed by atoms with E-state index in [2.05, 4.69) is 15.2 Å². The summed E-state index contributed by atoms with van der Waals surface area (Å²) in [5, 5.41) is 5.12. The first-order chi connectivity index (χ1) is 12.7. The molecule has 2 aromatic carbocycles. The molecule has 0 spiro atoms. The van der Waals surface area contributed by atoms with E-state index >= 15 is 0 Å². The van der Waals surface area contributed by atoms with E-state index in [-0.39, 0.29) is 11.7 Å². The van der Waals surface area contributed by atoms with Crippen LogP contribution in [-0.4, -0.2) is 24.0 Å². The van der Waals surface area contributed by atoms with E-state index in [9.17, 15) is 9.18 Å². The average Bonchev–Trinajstić information content (AvgIpc) is 3.35. The van der Waals surface area contributed by atoms with Crippen LogP contribution in [0.2, 0.25) is 0 Å². The van der Waals surface area contributed by atoms with Gasteiger partial charge in [-0.3, -0.25) is 4.79 Å². The first-order valence-electron chi connectivity index (χ1n) is 8.58. The van der Waals surface area contributed by atoms with Gasteiger partial charge in [-0.1, -0.05) is 24.3 Å². The van der Waals surface area contributed by atoms with E-state index in [1.54, 1.807) is 23.6 Å². The second-order valence-electron chi connectivity index (χ2n) is 6.18. The van der Waals surface area contributed by atoms with Gasteiger partial charge in [0.2, 0.25) is 0 Å². The number of para-hydroxylation sites is 2. The Balaban J connectivity index is 1.56. The van der Waals surface area contributed by atoms with Gasteiger partial charge in [0.25, 0.3) is 5.91 Å². The molecule has 3 aromatic rings. The van der Waals surface area contributed by atoms with Crippen LogP contribution in [0.4, 0.5) is 15.8 Å². The average molecular weight is 367 g/mol. The van der Waals surface area contributed by atoms with Gasteiger partial charge in [0.1, 0.15) is 16.5 Å². The van der Waals surface area contributed by atoms with Crippen molar-refractivity contribution in [3.8, 4) is 10.6 Å². The number of benzene rings is 2. The predicted octanol–water partition coefficient (Wildman–Crippen LogP) is 4.80. The van der Waals surface area contributed by atoms with Crippen molar-refractivity contribution in [1.82, 2.24) is 4.98 Å². The molecule has 1 N–H and O–H groups in total. The molecule has 1 aromatic heterocycles. The fraction of sp³-hybridized carbons (Fsp3) is 0.200. The van der Waals surface area contributed by atoms with E-state index in [4.69, 9.17) is 0 Å². The Morgan fingerprint density at radius 1 is 1.08 bits per heavy atom. The summed E-state index contributed by atoms with van der Waals surface area (Å²) in [7, 11) is 0. The molecule has 0 unspecified atom stereocenters. The highest BCUT2D eigenvalue weighted by atomic mass is 32.1. The molecule has 1 amide bonds. The third kappa shape index (κ3) is 3.32. The number of carbonyl (C=O) groups is 1. The summed E-state index contributed by atoms with van der Waals surface area (Å²) < 4.78 is 13.9. The maximum Gasteiger partial charge on any atom is 0.275 e. The number of nitrogens with one attached hydrogen (secondary N) is 1. The van der Waals surface area contributed by atoms with Gasteiger partial charge in [-0.05, 0) is 37.1 Å². The predicted molar refractivity (Wildman–Crippen MR) is 103 cm³/mol. The monoisotopic (exact) mass is 367 g/mol. The van der Waals surface area contributed by atoms with Crippen LogP contribution in [0.5, 0.6) is 0 Å². The third-order valence-electron chi connectivity index (χ3n) is 4.44. The minimum Gasteiger partial charge on any atom is -0.370 e. The van der Waals surface area contributed by atoms with E-state index < -0.39 is 0 Å². The summed E-state index contributed by atoms with van der Waals surface area (Å²) in [5.74, 6) is -0.622. The van der Waals surface area contributed by atoms with Crippen molar-refractivity contribution in [1.29, 1.82) is 0 Å². The first kappa shape index (κ1) is 16.7. The lowest BCUT2D eigenvalue weighted by atomic mass is 10.2. The molecule has 4 nitrogen and oxygen atoms in total. The number of hydrogen-bond donors (Lipinski definition) is 1. The lowest BCUT2D eigenvalue weighted by Gasteiger charge is -2.21. The van der Waals surface area contributed by atoms with Gasteiger partial charge in [0.15, 0.2) is 0 Å². The van der Waals surface area contributed by atoms with Crippen LogP contribution < -0.4 is 10.2 Å². The Hall–Kier alpha value is -2.73. The SMILES string of the molecule is O=C(Nc1ccccc1N1CCCC1)c1csc(-c2ccccc2F)n1. The van der Waals surface area contributed by atoms with Crippen LogP contribution in [0, 0.1) is 5.82 Å². The standard InChI is InChI=1S/C20H18FN3OS/c21-15-8-2-1-7-14(15)20-23-17(13-26-20)19(25)22-16-9-3-4-10-18(16)24-11-5-6-12-24/h1-4,7-10,13H,5-6,11-12H2,(H,22,25). The van der Waals surface area contributed by atoms with Crippen molar-refractivity contribution in [2.24, 2.45) is 0 Å². The molecule has 26 heavy (non-hydrogen) atoms. The maximum absolute atomic E-state index is 13.9. The zero-order valence-corrected chi connectivity index (χ0v) is 14.9. The molecule has 1 fully saturated rings. The van der Waals surface area contributed by atoms with Crippen LogP contribution in [-0.2, 0) is 0 Å². The summed E-state index contributed by atoms with van der Waals surface area (Å²) in [6.07, 6.45) is 2.33. The van der Waals surface area contributed by atoms with E-state index in [0.29, 0.717) is 16.3 Å². The Morgan fingerprint density at radius 3 is 2.62 bits per heavy atom. The van der Waals surface area contributed by atoms with Crippen molar-refractivity contribution < 1.29 is 9.18 Å². The molecule has 6 heteroatoms. The van der Waals surface area contributed by atoms with Crippen LogP contribution in [0.1, 0.15) is 23.3 Å². The molecule has 1 aliphatic rings. The van der Waals surface area contributed by atoms with Gasteiger partial charge in [-0.15, -0.1) is 11.3 Å². The molecule has 0 aliphatic carbocycles. The van der Waals surface area contributed by atoms with E-state index in [1.807, 2.05) is 24.3 Å². The second-order valence-corrected chi connectivity index (χ2v) is 7.04. The van der Waals surface area contributed by atoms with E-state index in [0.717, 1.165) is 24.5 Å². The minimum absolute atomic E-state index is 0.282. The number of carbonyl (C=O) groups excluding carboxylic acids is 1. The Labute approximate surface area is 155 Å². The van der Waals surface area contributed by atoms with Gasteiger partial charge in [0, 0.05) is 24.0 Å². The van der Waals surface area contributed by atoms with Crippen LogP contribution in [0.25, 0.3) is 10.6 Å². The number of halogens is 1. The zero-order valence-electron chi connectivity index (χ0n) is 14.1. The molecular formula is C20H18FN3OS. The summed E-state index contributed by atoms with van der Waals surface area (Å²) in [5.41, 5.74) is 2.52. The fourth-order valence-electron chi connectivity index (χ4n) is 3.14. The summed E-state index contributed by atoms with van der Waals surface area (Å²) in [6, 6.07) is 14.2. The highest BCUT2D eigenvalue weighted by Crippen LogP contribution is 2.30. The van der Waals surface area contributed by atoms with Gasteiger partial charge < -0.3 is 10.2 Å². The van der Waals surface area contributed by atoms with Crippen molar-refractivity contribution in [3.63, 3.8) is 0 Å². The zero-order chi connectivity index (χ0) is 17.9. The number of nitrogens with zero attached hydrogens (tertiary/aromatic N) is 2. The molecule has 4 rings (SSSR count). The number of anilines is 2. The van der Waals surface area contributed by atoms with Crippen LogP contribution >= 0.6 is 11.3 Å². The molecule has 1 aliphatic heterocycles. The number of thiazole rings is 1. The number of aromatic nitrogens is 1. The van der Waals surface area contributed by atoms with Gasteiger partial charge in [-0.2, -0.15) is 0 Å². The normalized spacial score (nSPS) is 13.8. The summed E-state index contributed by atoms with van der Waals surface area (Å²) in [6.45, 7) is 2.00. The quantitative estimate of drug-likeness (QED) is 0.720. The number of hydrogen-bond acceptors (Lipinski definition) is 4. The molecular weight excluding hydrogens is 349 g/mol. The number of rotatable bonds is 4. The van der Waals surface area contributed by atoms with Gasteiger partial charge in [-0.25, -0.2) is 9.37 Å². The molecule has 132 valence electrons. The molecule has 0 saturated carbocycles. The summed E-state index contributed by atoms with van der Waals surface area (Å²) in [4.78, 5) is 19.2. The molecule has 0 bridgehead atoms. The van der Waals surface area contributed by atoms with Crippen LogP contribution in [0.15, 0.2) is 53.9 Å². The largest absolute Gasteiger partial charge is 0.370 e. The fourth-order valence-corrected chi connectivity index (χ4v) is 3.96. The summed E-state index contributed by atoms with van der Waals surface area (Å²) >= 11 is 1.26. The molecule has 1 saturated heterocycles. The maximum atomic E-state index is 13.9.